The smallest absolute Gasteiger partial charge is 0.156 e. The van der Waals surface area contributed by atoms with Crippen molar-refractivity contribution in [2.24, 2.45) is 0 Å². The van der Waals surface area contributed by atoms with Gasteiger partial charge >= 0.3 is 0 Å². The second-order valence-corrected chi connectivity index (χ2v) is 7.39. The van der Waals surface area contributed by atoms with E-state index in [0.29, 0.717) is 6.04 Å². The van der Waals surface area contributed by atoms with Gasteiger partial charge in [0, 0.05) is 33.4 Å². The molecule has 1 aromatic heterocycles. The highest BCUT2D eigenvalue weighted by molar-refractivity contribution is 9.10. The van der Waals surface area contributed by atoms with Gasteiger partial charge in [-0.3, -0.25) is 0 Å². The third-order valence-electron chi connectivity index (χ3n) is 4.74. The average molecular weight is 413 g/mol. The molecule has 0 amide bonds. The number of rotatable bonds is 4. The van der Waals surface area contributed by atoms with Crippen LogP contribution in [0.25, 0.3) is 22.0 Å². The van der Waals surface area contributed by atoms with Crippen molar-refractivity contribution in [1.82, 2.24) is 15.5 Å². The first-order valence-electron chi connectivity index (χ1n) is 8.83. The zero-order valence-electron chi connectivity index (χ0n) is 14.6. The van der Waals surface area contributed by atoms with Gasteiger partial charge in [-0.1, -0.05) is 40.2 Å². The first-order valence-corrected chi connectivity index (χ1v) is 9.62. The second-order valence-electron chi connectivity index (χ2n) is 6.48. The summed E-state index contributed by atoms with van der Waals surface area (Å²) in [6, 6.07) is 14.6. The van der Waals surface area contributed by atoms with Crippen LogP contribution in [0.15, 0.2) is 46.9 Å². The molecule has 1 aliphatic rings. The lowest BCUT2D eigenvalue weighted by molar-refractivity contribution is 0.416. The molecule has 3 aromatic rings. The molecule has 0 saturated carbocycles. The van der Waals surface area contributed by atoms with Gasteiger partial charge in [0.15, 0.2) is 5.82 Å². The number of fused-ring (bicyclic) bond motifs is 1. The molecule has 26 heavy (non-hydrogen) atoms. The van der Waals surface area contributed by atoms with E-state index in [2.05, 4.69) is 48.9 Å². The Morgan fingerprint density at radius 2 is 2.00 bits per heavy atom. The van der Waals surface area contributed by atoms with Crippen LogP contribution in [0.5, 0.6) is 5.75 Å². The lowest BCUT2D eigenvalue weighted by Crippen LogP contribution is -2.38. The number of benzene rings is 2. The molecule has 4 rings (SSSR count). The minimum atomic E-state index is 0.384. The third kappa shape index (κ3) is 3.39. The molecular formula is C20H21BrN4O. The van der Waals surface area contributed by atoms with Crippen LogP contribution >= 0.6 is 15.9 Å². The van der Waals surface area contributed by atoms with Gasteiger partial charge in [-0.05, 0) is 37.6 Å². The maximum Gasteiger partial charge on any atom is 0.156 e. The topological polar surface area (TPSA) is 59.1 Å². The molecule has 0 radical (unpaired) electrons. The van der Waals surface area contributed by atoms with Crippen LogP contribution < -0.4 is 15.4 Å². The van der Waals surface area contributed by atoms with Crippen LogP contribution in [0, 0.1) is 0 Å². The van der Waals surface area contributed by atoms with Gasteiger partial charge in [-0.2, -0.15) is 0 Å². The normalized spacial score (nSPS) is 17.2. The Balaban J connectivity index is 1.79. The molecule has 134 valence electrons. The third-order valence-corrected chi connectivity index (χ3v) is 5.24. The number of hydrogen-bond donors (Lipinski definition) is 2. The summed E-state index contributed by atoms with van der Waals surface area (Å²) in [4.78, 5) is 0. The maximum absolute atomic E-state index is 5.56. The van der Waals surface area contributed by atoms with Crippen molar-refractivity contribution in [2.75, 3.05) is 25.5 Å². The van der Waals surface area contributed by atoms with E-state index in [1.807, 2.05) is 30.3 Å². The van der Waals surface area contributed by atoms with Crippen LogP contribution in [-0.2, 0) is 0 Å². The predicted molar refractivity (Wildman–Crippen MR) is 109 cm³/mol. The number of ether oxygens (including phenoxy) is 1. The standard InChI is InChI=1S/C20H21BrN4O/c1-26-18-11-13(21)8-9-17(18)19-15-6-2-3-7-16(15)20(25-24-19)23-14-5-4-10-22-12-14/h2-3,6-9,11,14,22H,4-5,10,12H2,1H3,(H,23,25)/t14-/m1/s1. The van der Waals surface area contributed by atoms with Crippen molar-refractivity contribution in [1.29, 1.82) is 0 Å². The molecule has 2 N–H and O–H groups in total. The fourth-order valence-electron chi connectivity index (χ4n) is 3.44. The van der Waals surface area contributed by atoms with Gasteiger partial charge in [0.2, 0.25) is 0 Å². The zero-order valence-corrected chi connectivity index (χ0v) is 16.2. The van der Waals surface area contributed by atoms with E-state index in [-0.39, 0.29) is 0 Å². The summed E-state index contributed by atoms with van der Waals surface area (Å²) in [5.41, 5.74) is 1.77. The maximum atomic E-state index is 5.56. The Bertz CT molecular complexity index is 925. The quantitative estimate of drug-likeness (QED) is 0.671. The summed E-state index contributed by atoms with van der Waals surface area (Å²) in [5, 5.41) is 18.2. The Morgan fingerprint density at radius 3 is 2.77 bits per heavy atom. The van der Waals surface area contributed by atoms with E-state index in [9.17, 15) is 0 Å². The summed E-state index contributed by atoms with van der Waals surface area (Å²) in [6.45, 7) is 2.05. The van der Waals surface area contributed by atoms with Gasteiger partial charge in [-0.25, -0.2) is 0 Å². The van der Waals surface area contributed by atoms with Gasteiger partial charge < -0.3 is 15.4 Å². The van der Waals surface area contributed by atoms with Crippen molar-refractivity contribution < 1.29 is 4.74 Å². The van der Waals surface area contributed by atoms with Gasteiger partial charge in [0.05, 0.1) is 7.11 Å². The van der Waals surface area contributed by atoms with Crippen molar-refractivity contribution in [2.45, 2.75) is 18.9 Å². The Hall–Kier alpha value is -2.18. The Kier molecular flexibility index (Phi) is 5.04. The highest BCUT2D eigenvalue weighted by Gasteiger charge is 2.18. The van der Waals surface area contributed by atoms with Crippen molar-refractivity contribution in [3.63, 3.8) is 0 Å². The van der Waals surface area contributed by atoms with E-state index >= 15 is 0 Å². The van der Waals surface area contributed by atoms with Crippen molar-refractivity contribution in [3.05, 3.63) is 46.9 Å². The largest absolute Gasteiger partial charge is 0.496 e. The van der Waals surface area contributed by atoms with E-state index in [1.54, 1.807) is 7.11 Å². The molecule has 1 saturated heterocycles. The molecule has 0 spiro atoms. The molecule has 1 fully saturated rings. The number of piperidine rings is 1. The number of hydrogen-bond acceptors (Lipinski definition) is 5. The lowest BCUT2D eigenvalue weighted by atomic mass is 10.0. The minimum absolute atomic E-state index is 0.384. The first kappa shape index (κ1) is 17.2. The summed E-state index contributed by atoms with van der Waals surface area (Å²) >= 11 is 3.49. The van der Waals surface area contributed by atoms with E-state index in [0.717, 1.165) is 57.6 Å². The SMILES string of the molecule is COc1cc(Br)ccc1-c1nnc(N[C@@H]2CCCNC2)c2ccccc12. The molecule has 1 atom stereocenters. The number of nitrogens with one attached hydrogen (secondary N) is 2. The molecule has 5 nitrogen and oxygen atoms in total. The first-order chi connectivity index (χ1) is 12.8. The summed E-state index contributed by atoms with van der Waals surface area (Å²) < 4.78 is 6.53. The van der Waals surface area contributed by atoms with Crippen LogP contribution in [0.4, 0.5) is 5.82 Å². The van der Waals surface area contributed by atoms with Gasteiger partial charge in [0.25, 0.3) is 0 Å². The predicted octanol–water partition coefficient (Wildman–Crippen LogP) is 4.23. The van der Waals surface area contributed by atoms with Crippen molar-refractivity contribution >= 4 is 32.5 Å². The molecule has 2 heterocycles. The highest BCUT2D eigenvalue weighted by Crippen LogP contribution is 2.36. The molecule has 0 aliphatic carbocycles. The van der Waals surface area contributed by atoms with Gasteiger partial charge in [0.1, 0.15) is 11.4 Å². The summed E-state index contributed by atoms with van der Waals surface area (Å²) in [6.07, 6.45) is 2.32. The Labute approximate surface area is 161 Å². The van der Waals surface area contributed by atoms with Crippen LogP contribution in [0.3, 0.4) is 0 Å². The fourth-order valence-corrected chi connectivity index (χ4v) is 3.78. The zero-order chi connectivity index (χ0) is 17.9. The fraction of sp³-hybridized carbons (Fsp3) is 0.300. The molecule has 0 bridgehead atoms. The van der Waals surface area contributed by atoms with Crippen LogP contribution in [0.2, 0.25) is 0 Å². The average Bonchev–Trinajstić information content (AvgIpc) is 2.69. The van der Waals surface area contributed by atoms with E-state index in [1.165, 1.54) is 6.42 Å². The van der Waals surface area contributed by atoms with E-state index < -0.39 is 0 Å². The highest BCUT2D eigenvalue weighted by atomic mass is 79.9. The number of methoxy groups -OCH3 is 1. The molecule has 2 aromatic carbocycles. The lowest BCUT2D eigenvalue weighted by Gasteiger charge is -2.24. The van der Waals surface area contributed by atoms with Crippen molar-refractivity contribution in [3.8, 4) is 17.0 Å². The number of halogens is 1. The monoisotopic (exact) mass is 412 g/mol. The second kappa shape index (κ2) is 7.60. The number of anilines is 1. The minimum Gasteiger partial charge on any atom is -0.496 e. The number of nitrogens with zero attached hydrogens (tertiary/aromatic N) is 2. The van der Waals surface area contributed by atoms with Crippen LogP contribution in [0.1, 0.15) is 12.8 Å². The Morgan fingerprint density at radius 1 is 1.15 bits per heavy atom. The summed E-state index contributed by atoms with van der Waals surface area (Å²) in [5.74, 6) is 1.62. The molecule has 6 heteroatoms. The summed E-state index contributed by atoms with van der Waals surface area (Å²) in [7, 11) is 1.67. The molecule has 0 unspecified atom stereocenters. The van der Waals surface area contributed by atoms with Crippen LogP contribution in [-0.4, -0.2) is 36.4 Å². The molecule has 1 aliphatic heterocycles. The van der Waals surface area contributed by atoms with E-state index in [4.69, 9.17) is 4.74 Å². The van der Waals surface area contributed by atoms with Gasteiger partial charge in [-0.15, -0.1) is 10.2 Å². The number of aromatic nitrogens is 2. The molecular weight excluding hydrogens is 392 g/mol.